The molecule has 3 aromatic rings. The summed E-state index contributed by atoms with van der Waals surface area (Å²) >= 11 is 0. The van der Waals surface area contributed by atoms with Crippen LogP contribution in [0.3, 0.4) is 0 Å². The van der Waals surface area contributed by atoms with Crippen LogP contribution in [-0.2, 0) is 6.54 Å². The molecule has 26 heavy (non-hydrogen) atoms. The summed E-state index contributed by atoms with van der Waals surface area (Å²) in [6.45, 7) is 0.870. The average molecular weight is 348 g/mol. The van der Waals surface area contributed by atoms with E-state index in [4.69, 9.17) is 4.42 Å². The highest BCUT2D eigenvalue weighted by molar-refractivity contribution is 5.97. The largest absolute Gasteiger partial charge is 0.444 e. The first kappa shape index (κ1) is 17.7. The fourth-order valence-electron chi connectivity index (χ4n) is 2.42. The van der Waals surface area contributed by atoms with E-state index in [9.17, 15) is 4.79 Å². The molecule has 0 aliphatic rings. The Bertz CT molecular complexity index is 867. The Kier molecular flexibility index (Phi) is 5.66. The number of rotatable bonds is 7. The molecule has 0 bridgehead atoms. The number of oxazole rings is 1. The van der Waals surface area contributed by atoms with E-state index < -0.39 is 0 Å². The third-order valence-electron chi connectivity index (χ3n) is 3.76. The van der Waals surface area contributed by atoms with Crippen LogP contribution in [0.25, 0.3) is 11.3 Å². The van der Waals surface area contributed by atoms with Crippen LogP contribution in [0.5, 0.6) is 0 Å². The lowest BCUT2D eigenvalue weighted by Crippen LogP contribution is -2.21. The number of carbonyl (C=O) groups excluding carboxylic acids is 1. The van der Waals surface area contributed by atoms with Crippen molar-refractivity contribution in [1.29, 1.82) is 0 Å². The number of azo groups is 1. The Hall–Kier alpha value is -3.12. The van der Waals surface area contributed by atoms with E-state index in [1.807, 2.05) is 67.5 Å². The molecule has 0 saturated carbocycles. The Morgan fingerprint density at radius 2 is 1.81 bits per heavy atom. The summed E-state index contributed by atoms with van der Waals surface area (Å²) in [7, 11) is 3.76. The molecule has 0 spiro atoms. The molecule has 0 aliphatic heterocycles. The second-order valence-corrected chi connectivity index (χ2v) is 6.17. The van der Waals surface area contributed by atoms with Crippen molar-refractivity contribution in [2.45, 2.75) is 6.54 Å². The van der Waals surface area contributed by atoms with E-state index in [1.165, 1.54) is 6.39 Å². The van der Waals surface area contributed by atoms with Crippen LogP contribution in [0.4, 0.5) is 5.69 Å². The van der Waals surface area contributed by atoms with Crippen molar-refractivity contribution in [1.82, 2.24) is 9.88 Å². The third-order valence-corrected chi connectivity index (χ3v) is 3.76. The van der Waals surface area contributed by atoms with Gasteiger partial charge in [0.25, 0.3) is 0 Å². The zero-order valence-electron chi connectivity index (χ0n) is 14.8. The van der Waals surface area contributed by atoms with Gasteiger partial charge in [-0.2, -0.15) is 10.2 Å². The van der Waals surface area contributed by atoms with E-state index >= 15 is 0 Å². The summed E-state index contributed by atoms with van der Waals surface area (Å²) in [6, 6.07) is 15.1. The Morgan fingerprint density at radius 1 is 1.08 bits per heavy atom. The zero-order chi connectivity index (χ0) is 18.4. The number of Topliss-reactive ketones (excluding diaryl/α,β-unsaturated/α-hetero) is 1. The molecule has 1 aromatic heterocycles. The minimum atomic E-state index is 0.107. The van der Waals surface area contributed by atoms with E-state index in [0.29, 0.717) is 18.7 Å². The number of hydrogen-bond donors (Lipinski definition) is 0. The minimum Gasteiger partial charge on any atom is -0.444 e. The van der Waals surface area contributed by atoms with Crippen LogP contribution < -0.4 is 0 Å². The number of benzene rings is 2. The predicted molar refractivity (Wildman–Crippen MR) is 99.5 cm³/mol. The molecule has 0 radical (unpaired) electrons. The molecule has 0 atom stereocenters. The van der Waals surface area contributed by atoms with Crippen LogP contribution in [0.1, 0.15) is 15.9 Å². The summed E-state index contributed by atoms with van der Waals surface area (Å²) < 4.78 is 5.25. The van der Waals surface area contributed by atoms with Crippen LogP contribution in [-0.4, -0.2) is 36.3 Å². The van der Waals surface area contributed by atoms with Crippen LogP contribution >= 0.6 is 0 Å². The van der Waals surface area contributed by atoms with Gasteiger partial charge in [-0.05, 0) is 43.9 Å². The number of aromatic nitrogens is 1. The second-order valence-electron chi connectivity index (χ2n) is 6.17. The van der Waals surface area contributed by atoms with E-state index in [-0.39, 0.29) is 5.78 Å². The highest BCUT2D eigenvalue weighted by Gasteiger charge is 2.06. The van der Waals surface area contributed by atoms with Gasteiger partial charge in [0.1, 0.15) is 0 Å². The van der Waals surface area contributed by atoms with Gasteiger partial charge in [-0.15, -0.1) is 0 Å². The summed E-state index contributed by atoms with van der Waals surface area (Å²) in [5.41, 5.74) is 3.43. The molecular weight excluding hydrogens is 328 g/mol. The maximum absolute atomic E-state index is 12.0. The van der Waals surface area contributed by atoms with Gasteiger partial charge in [0.2, 0.25) is 0 Å². The van der Waals surface area contributed by atoms with Crippen LogP contribution in [0.2, 0.25) is 0 Å². The molecule has 132 valence electrons. The molecule has 3 rings (SSSR count). The molecular formula is C20H20N4O2. The van der Waals surface area contributed by atoms with Crippen molar-refractivity contribution in [3.63, 3.8) is 0 Å². The molecule has 2 aromatic carbocycles. The predicted octanol–water partition coefficient (Wildman–Crippen LogP) is 4.37. The maximum Gasteiger partial charge on any atom is 0.181 e. The molecule has 6 nitrogen and oxygen atoms in total. The zero-order valence-corrected chi connectivity index (χ0v) is 14.8. The first-order valence-corrected chi connectivity index (χ1v) is 8.25. The number of ketones is 1. The van der Waals surface area contributed by atoms with E-state index in [0.717, 1.165) is 22.6 Å². The fourth-order valence-corrected chi connectivity index (χ4v) is 2.42. The van der Waals surface area contributed by atoms with Gasteiger partial charge in [-0.3, -0.25) is 4.79 Å². The smallest absolute Gasteiger partial charge is 0.181 e. The molecule has 0 saturated heterocycles. The maximum atomic E-state index is 12.0. The van der Waals surface area contributed by atoms with E-state index in [1.54, 1.807) is 6.20 Å². The number of carbonyl (C=O) groups is 1. The summed E-state index contributed by atoms with van der Waals surface area (Å²) in [5, 5.41) is 8.45. The summed E-state index contributed by atoms with van der Waals surface area (Å²) in [6.07, 6.45) is 3.08. The average Bonchev–Trinajstić information content (AvgIpc) is 3.17. The monoisotopic (exact) mass is 348 g/mol. The Balaban J connectivity index is 1.57. The van der Waals surface area contributed by atoms with E-state index in [2.05, 4.69) is 15.2 Å². The standard InChI is InChI=1S/C20H20N4O2/c1-24(2)13-19(25)16-5-3-15(4-6-16)11-22-23-18-9-7-17(8-10-18)20-12-21-14-26-20/h3-10,12,14H,11,13H2,1-2H3. The Morgan fingerprint density at radius 3 is 2.42 bits per heavy atom. The SMILES string of the molecule is CN(C)CC(=O)c1ccc(CN=Nc2ccc(-c3cnco3)cc2)cc1. The topological polar surface area (TPSA) is 71.1 Å². The second kappa shape index (κ2) is 8.31. The van der Waals surface area contributed by atoms with Gasteiger partial charge in [0.05, 0.1) is 25.0 Å². The lowest BCUT2D eigenvalue weighted by Gasteiger charge is -2.08. The van der Waals surface area contributed by atoms with Crippen molar-refractivity contribution in [2.75, 3.05) is 20.6 Å². The first-order valence-electron chi connectivity index (χ1n) is 8.25. The lowest BCUT2D eigenvalue weighted by atomic mass is 10.1. The third kappa shape index (κ3) is 4.70. The molecule has 6 heteroatoms. The normalized spacial score (nSPS) is 11.3. The van der Waals surface area contributed by atoms with Crippen molar-refractivity contribution < 1.29 is 9.21 Å². The van der Waals surface area contributed by atoms with Crippen molar-refractivity contribution in [3.8, 4) is 11.3 Å². The van der Waals surface area contributed by atoms with Gasteiger partial charge in [-0.1, -0.05) is 24.3 Å². The van der Waals surface area contributed by atoms with Gasteiger partial charge in [-0.25, -0.2) is 4.98 Å². The van der Waals surface area contributed by atoms with Crippen molar-refractivity contribution in [3.05, 3.63) is 72.2 Å². The van der Waals surface area contributed by atoms with Crippen molar-refractivity contribution in [2.24, 2.45) is 10.2 Å². The molecule has 0 aliphatic carbocycles. The molecule has 0 amide bonds. The number of likely N-dealkylation sites (N-methyl/N-ethyl adjacent to an activating group) is 1. The van der Waals surface area contributed by atoms with Crippen LogP contribution in [0.15, 0.2) is 75.8 Å². The van der Waals surface area contributed by atoms with Gasteiger partial charge < -0.3 is 9.32 Å². The summed E-state index contributed by atoms with van der Waals surface area (Å²) in [5.74, 6) is 0.826. The first-order chi connectivity index (χ1) is 12.6. The summed E-state index contributed by atoms with van der Waals surface area (Å²) in [4.78, 5) is 17.7. The number of nitrogens with zero attached hydrogens (tertiary/aromatic N) is 4. The minimum absolute atomic E-state index is 0.107. The molecule has 1 heterocycles. The fraction of sp³-hybridized carbons (Fsp3) is 0.200. The van der Waals surface area contributed by atoms with Gasteiger partial charge in [0.15, 0.2) is 17.9 Å². The lowest BCUT2D eigenvalue weighted by molar-refractivity contribution is 0.0958. The molecule has 0 N–H and O–H groups in total. The van der Waals surface area contributed by atoms with Gasteiger partial charge in [0, 0.05) is 11.1 Å². The molecule has 0 unspecified atom stereocenters. The van der Waals surface area contributed by atoms with Crippen molar-refractivity contribution >= 4 is 11.5 Å². The highest BCUT2D eigenvalue weighted by atomic mass is 16.3. The highest BCUT2D eigenvalue weighted by Crippen LogP contribution is 2.22. The van der Waals surface area contributed by atoms with Gasteiger partial charge >= 0.3 is 0 Å². The van der Waals surface area contributed by atoms with Crippen LogP contribution in [0, 0.1) is 0 Å². The Labute approximate surface area is 152 Å². The molecule has 0 fully saturated rings. The quantitative estimate of drug-likeness (QED) is 0.469. The number of hydrogen-bond acceptors (Lipinski definition) is 6.